The van der Waals surface area contributed by atoms with Crippen LogP contribution in [-0.2, 0) is 10.2 Å². The molecule has 2 saturated carbocycles. The molecule has 4 heterocycles. The topological polar surface area (TPSA) is 65.7 Å². The smallest absolute Gasteiger partial charge is 0.252 e. The van der Waals surface area contributed by atoms with Gasteiger partial charge in [-0.1, -0.05) is 12.1 Å². The van der Waals surface area contributed by atoms with E-state index in [2.05, 4.69) is 33.8 Å². The molecule has 1 aromatic rings. The second kappa shape index (κ2) is 10.5. The molecule has 4 atom stereocenters. The number of halogens is 3. The molecular formula is C30H46F3N5O2. The molecule has 1 aromatic heterocycles. The van der Waals surface area contributed by atoms with Gasteiger partial charge < -0.3 is 14.3 Å². The van der Waals surface area contributed by atoms with Crippen molar-refractivity contribution < 1.29 is 22.5 Å². The Morgan fingerprint density at radius 1 is 1.05 bits per heavy atom. The van der Waals surface area contributed by atoms with E-state index < -0.39 is 18.0 Å². The van der Waals surface area contributed by atoms with Crippen LogP contribution in [0.15, 0.2) is 4.52 Å². The summed E-state index contributed by atoms with van der Waals surface area (Å²) in [6.45, 7) is 11.5. The molecule has 10 heteroatoms. The highest BCUT2D eigenvalue weighted by Gasteiger charge is 2.52. The van der Waals surface area contributed by atoms with E-state index in [9.17, 15) is 9.18 Å². The predicted molar refractivity (Wildman–Crippen MR) is 145 cm³/mol. The van der Waals surface area contributed by atoms with E-state index in [1.165, 1.54) is 6.42 Å². The third-order valence-electron chi connectivity index (χ3n) is 11.2. The Morgan fingerprint density at radius 2 is 1.73 bits per heavy atom. The van der Waals surface area contributed by atoms with Crippen molar-refractivity contribution in [2.75, 3.05) is 39.3 Å². The Morgan fingerprint density at radius 3 is 2.35 bits per heavy atom. The average molecular weight is 566 g/mol. The van der Waals surface area contributed by atoms with Gasteiger partial charge in [0.1, 0.15) is 6.17 Å². The summed E-state index contributed by atoms with van der Waals surface area (Å²) in [6.07, 6.45) is 5.18. The van der Waals surface area contributed by atoms with Crippen molar-refractivity contribution >= 4 is 5.91 Å². The van der Waals surface area contributed by atoms with E-state index in [-0.39, 0.29) is 36.1 Å². The molecule has 0 bridgehead atoms. The van der Waals surface area contributed by atoms with Crippen LogP contribution in [0.25, 0.3) is 0 Å². The van der Waals surface area contributed by atoms with E-state index in [1.54, 1.807) is 4.90 Å². The van der Waals surface area contributed by atoms with Gasteiger partial charge in [0.15, 0.2) is 5.82 Å². The van der Waals surface area contributed by atoms with Crippen LogP contribution in [-0.4, -0.2) is 94.2 Å². The van der Waals surface area contributed by atoms with Crippen LogP contribution < -0.4 is 0 Å². The van der Waals surface area contributed by atoms with E-state index >= 15 is 8.78 Å². The largest absolute Gasteiger partial charge is 0.343 e. The molecule has 1 spiro atoms. The number of likely N-dealkylation sites (tertiary alicyclic amines) is 3. The maximum Gasteiger partial charge on any atom is 0.252 e. The number of amides is 1. The molecule has 0 aromatic carbocycles. The van der Waals surface area contributed by atoms with Crippen LogP contribution >= 0.6 is 0 Å². The van der Waals surface area contributed by atoms with Gasteiger partial charge in [-0.05, 0) is 90.3 Å². The zero-order valence-electron chi connectivity index (χ0n) is 24.4. The molecule has 0 unspecified atom stereocenters. The Balaban J connectivity index is 1.06. The standard InChI is InChI=1S/C30H46F3N5O2/c1-20(2)38-16-11-29(19-38)9-14-36(15-10-29)24-5-4-6-30(32,33)22(24)18-25(39)37-12-7-28(3,8-13-37)27-34-26(40-35-27)21-17-23(21)31/h20-24H,4-19H2,1-3H3/t21-,22-,23+,24+/m1/s1. The van der Waals surface area contributed by atoms with E-state index in [4.69, 9.17) is 4.52 Å². The maximum atomic E-state index is 15.4. The fraction of sp³-hybridized carbons (Fsp3) is 0.900. The highest BCUT2D eigenvalue weighted by Crippen LogP contribution is 2.47. The third-order valence-corrected chi connectivity index (χ3v) is 11.2. The van der Waals surface area contributed by atoms with Gasteiger partial charge in [-0.3, -0.25) is 9.69 Å². The molecule has 0 N–H and O–H groups in total. The number of piperidine rings is 2. The predicted octanol–water partition coefficient (Wildman–Crippen LogP) is 5.17. The molecule has 40 heavy (non-hydrogen) atoms. The number of carbonyl (C=O) groups is 1. The number of nitrogens with zero attached hydrogens (tertiary/aromatic N) is 5. The van der Waals surface area contributed by atoms with Crippen molar-refractivity contribution in [3.05, 3.63) is 11.7 Å². The number of hydrogen-bond acceptors (Lipinski definition) is 6. The van der Waals surface area contributed by atoms with Crippen molar-refractivity contribution in [1.29, 1.82) is 0 Å². The van der Waals surface area contributed by atoms with Gasteiger partial charge in [-0.15, -0.1) is 0 Å². The monoisotopic (exact) mass is 565 g/mol. The third kappa shape index (κ3) is 5.43. The number of rotatable bonds is 6. The Labute approximate surface area is 236 Å². The average Bonchev–Trinajstić information content (AvgIpc) is 3.29. The fourth-order valence-electron chi connectivity index (χ4n) is 7.93. The number of hydrogen-bond donors (Lipinski definition) is 0. The van der Waals surface area contributed by atoms with Crippen molar-refractivity contribution in [3.63, 3.8) is 0 Å². The summed E-state index contributed by atoms with van der Waals surface area (Å²) >= 11 is 0. The first-order valence-electron chi connectivity index (χ1n) is 15.6. The van der Waals surface area contributed by atoms with Crippen molar-refractivity contribution in [1.82, 2.24) is 24.8 Å². The van der Waals surface area contributed by atoms with E-state index in [1.807, 2.05) is 6.92 Å². The quantitative estimate of drug-likeness (QED) is 0.475. The van der Waals surface area contributed by atoms with Gasteiger partial charge in [0, 0.05) is 55.9 Å². The number of carbonyl (C=O) groups excluding carboxylic acids is 1. The zero-order valence-corrected chi connectivity index (χ0v) is 24.4. The minimum atomic E-state index is -2.82. The summed E-state index contributed by atoms with van der Waals surface area (Å²) in [5, 5.41) is 4.13. The highest BCUT2D eigenvalue weighted by atomic mass is 19.3. The lowest BCUT2D eigenvalue weighted by Gasteiger charge is -2.48. The first kappa shape index (κ1) is 28.4. The molecular weight excluding hydrogens is 519 g/mol. The SMILES string of the molecule is CC(C)N1CCC2(CCN([C@H]3CCCC(F)(F)[C@@H]3CC(=O)N3CCC(C)(c4noc([C@@H]5C[C@@H]5F)n4)CC3)CC2)C1. The molecule has 224 valence electrons. The lowest BCUT2D eigenvalue weighted by atomic mass is 9.74. The summed E-state index contributed by atoms with van der Waals surface area (Å²) in [5.74, 6) is -3.27. The van der Waals surface area contributed by atoms with Gasteiger partial charge in [-0.25, -0.2) is 13.2 Å². The van der Waals surface area contributed by atoms with E-state index in [0.717, 1.165) is 45.4 Å². The molecule has 2 aliphatic carbocycles. The van der Waals surface area contributed by atoms with Gasteiger partial charge in [0.05, 0.1) is 5.92 Å². The first-order valence-corrected chi connectivity index (χ1v) is 15.6. The summed E-state index contributed by atoms with van der Waals surface area (Å²) in [6, 6.07) is 0.316. The van der Waals surface area contributed by atoms with Crippen molar-refractivity contribution in [2.45, 2.75) is 120 Å². The molecule has 7 nitrogen and oxygen atoms in total. The van der Waals surface area contributed by atoms with Crippen LogP contribution in [0.5, 0.6) is 0 Å². The van der Waals surface area contributed by atoms with Gasteiger partial charge in [0.2, 0.25) is 11.8 Å². The lowest BCUT2D eigenvalue weighted by molar-refractivity contribution is -0.151. The summed E-state index contributed by atoms with van der Waals surface area (Å²) < 4.78 is 49.6. The normalized spacial score (nSPS) is 34.0. The maximum absolute atomic E-state index is 15.4. The molecule has 5 aliphatic rings. The Bertz CT molecular complexity index is 1060. The van der Waals surface area contributed by atoms with Crippen molar-refractivity contribution in [3.8, 4) is 0 Å². The molecule has 0 radical (unpaired) electrons. The molecule has 1 amide bonds. The second-order valence-corrected chi connectivity index (χ2v) is 14.1. The molecule has 6 rings (SSSR count). The molecule has 5 fully saturated rings. The highest BCUT2D eigenvalue weighted by molar-refractivity contribution is 5.76. The summed E-state index contributed by atoms with van der Waals surface area (Å²) in [7, 11) is 0. The van der Waals surface area contributed by atoms with Crippen LogP contribution in [0, 0.1) is 11.3 Å². The molecule has 3 aliphatic heterocycles. The summed E-state index contributed by atoms with van der Waals surface area (Å²) in [5.41, 5.74) is -0.0406. The van der Waals surface area contributed by atoms with Crippen molar-refractivity contribution in [2.24, 2.45) is 11.3 Å². The van der Waals surface area contributed by atoms with Crippen LogP contribution in [0.3, 0.4) is 0 Å². The summed E-state index contributed by atoms with van der Waals surface area (Å²) in [4.78, 5) is 24.5. The lowest BCUT2D eigenvalue weighted by Crippen LogP contribution is -2.55. The Kier molecular flexibility index (Phi) is 7.50. The minimum Gasteiger partial charge on any atom is -0.343 e. The second-order valence-electron chi connectivity index (χ2n) is 14.1. The number of aromatic nitrogens is 2. The number of alkyl halides is 3. The van der Waals surface area contributed by atoms with E-state index in [0.29, 0.717) is 61.9 Å². The fourth-order valence-corrected chi connectivity index (χ4v) is 7.93. The Hall–Kier alpha value is -1.68. The molecule has 3 saturated heterocycles. The van der Waals surface area contributed by atoms with Gasteiger partial charge in [-0.2, -0.15) is 4.98 Å². The minimum absolute atomic E-state index is 0.0942. The van der Waals surface area contributed by atoms with Crippen LogP contribution in [0.2, 0.25) is 0 Å². The van der Waals surface area contributed by atoms with Crippen LogP contribution in [0.1, 0.15) is 103 Å². The van der Waals surface area contributed by atoms with Gasteiger partial charge in [0.25, 0.3) is 5.92 Å². The van der Waals surface area contributed by atoms with Gasteiger partial charge >= 0.3 is 0 Å². The zero-order chi connectivity index (χ0) is 28.3. The van der Waals surface area contributed by atoms with Crippen LogP contribution in [0.4, 0.5) is 13.2 Å². The first-order chi connectivity index (χ1) is 19.0.